The van der Waals surface area contributed by atoms with Gasteiger partial charge in [0.2, 0.25) is 0 Å². The van der Waals surface area contributed by atoms with E-state index in [-0.39, 0.29) is 0 Å². The van der Waals surface area contributed by atoms with E-state index in [4.69, 9.17) is 9.47 Å². The summed E-state index contributed by atoms with van der Waals surface area (Å²) in [5.74, 6) is 2.51. The number of anilines is 1. The number of H-pyrrole nitrogens is 1. The molecular formula is C23H35N3O3+2. The second-order valence-corrected chi connectivity index (χ2v) is 7.96. The van der Waals surface area contributed by atoms with Gasteiger partial charge in [-0.05, 0) is 23.6 Å². The number of aliphatic hydroxyl groups is 1. The van der Waals surface area contributed by atoms with E-state index in [0.29, 0.717) is 25.7 Å². The minimum Gasteiger partial charge on any atom is -0.491 e. The maximum absolute atomic E-state index is 10.3. The Morgan fingerprint density at radius 3 is 2.55 bits per heavy atom. The van der Waals surface area contributed by atoms with E-state index in [1.807, 2.05) is 30.5 Å². The molecule has 3 N–H and O–H groups in total. The molecule has 1 aliphatic heterocycles. The van der Waals surface area contributed by atoms with Crippen molar-refractivity contribution in [1.29, 1.82) is 0 Å². The number of pyridine rings is 1. The highest BCUT2D eigenvalue weighted by Gasteiger charge is 2.27. The smallest absolute Gasteiger partial charge is 0.274 e. The molecule has 3 rings (SSSR count). The highest BCUT2D eigenvalue weighted by Crippen LogP contribution is 2.25. The molecule has 29 heavy (non-hydrogen) atoms. The van der Waals surface area contributed by atoms with Crippen molar-refractivity contribution in [3.63, 3.8) is 0 Å². The first-order valence-electron chi connectivity index (χ1n) is 10.7. The van der Waals surface area contributed by atoms with Crippen LogP contribution in [0.5, 0.6) is 5.75 Å². The molecule has 1 aromatic heterocycles. The molecule has 0 amide bonds. The van der Waals surface area contributed by atoms with Crippen LogP contribution in [0, 0.1) is 0 Å². The van der Waals surface area contributed by atoms with E-state index in [1.165, 1.54) is 10.5 Å². The molecule has 0 unspecified atom stereocenters. The molecule has 0 aliphatic carbocycles. The average molecular weight is 402 g/mol. The molecule has 158 valence electrons. The fraction of sp³-hybridized carbons (Fsp3) is 0.522. The van der Waals surface area contributed by atoms with Crippen LogP contribution in [0.3, 0.4) is 0 Å². The number of piperazine rings is 1. The lowest BCUT2D eigenvalue weighted by atomic mass is 10.0. The Labute approximate surface area is 174 Å². The first kappa shape index (κ1) is 21.6. The second-order valence-electron chi connectivity index (χ2n) is 7.96. The number of para-hydroxylation sites is 1. The Morgan fingerprint density at radius 1 is 1.07 bits per heavy atom. The summed E-state index contributed by atoms with van der Waals surface area (Å²) in [5, 5.41) is 10.3. The molecular weight excluding hydrogens is 366 g/mol. The fourth-order valence-electron chi connectivity index (χ4n) is 3.76. The lowest BCUT2D eigenvalue weighted by Crippen LogP contribution is -3.16. The van der Waals surface area contributed by atoms with Crippen LogP contribution in [0.4, 0.5) is 5.82 Å². The summed E-state index contributed by atoms with van der Waals surface area (Å²) in [6.07, 6.45) is 1.52. The minimum atomic E-state index is -0.442. The molecule has 0 radical (unpaired) electrons. The topological polar surface area (TPSA) is 60.5 Å². The van der Waals surface area contributed by atoms with E-state index in [9.17, 15) is 5.11 Å². The Hall–Kier alpha value is -2.15. The number of nitrogens with zero attached hydrogens (tertiary/aromatic N) is 1. The molecule has 1 atom stereocenters. The largest absolute Gasteiger partial charge is 0.491 e. The molecule has 1 saturated heterocycles. The second kappa shape index (κ2) is 11.1. The fourth-order valence-corrected chi connectivity index (χ4v) is 3.76. The van der Waals surface area contributed by atoms with Crippen LogP contribution in [0.2, 0.25) is 0 Å². The van der Waals surface area contributed by atoms with Crippen molar-refractivity contribution in [2.75, 3.05) is 57.4 Å². The van der Waals surface area contributed by atoms with Crippen LogP contribution >= 0.6 is 0 Å². The number of rotatable bonds is 10. The van der Waals surface area contributed by atoms with Gasteiger partial charge in [0.25, 0.3) is 5.82 Å². The Bertz CT molecular complexity index is 718. The zero-order chi connectivity index (χ0) is 20.5. The number of ether oxygens (including phenoxy) is 2. The summed E-state index contributed by atoms with van der Waals surface area (Å²) >= 11 is 0. The van der Waals surface area contributed by atoms with Crippen LogP contribution in [-0.4, -0.2) is 63.8 Å². The molecule has 1 fully saturated rings. The number of hydrogen-bond donors (Lipinski definition) is 2. The SMILES string of the molecule is CC(C)c1ccccc1OCCOC[C@@H](O)C[NH+]1CCN(c2cccc[nH+]2)CC1. The van der Waals surface area contributed by atoms with Crippen LogP contribution in [0.1, 0.15) is 25.3 Å². The molecule has 0 saturated carbocycles. The molecule has 6 heteroatoms. The zero-order valence-electron chi connectivity index (χ0n) is 17.6. The molecule has 2 aromatic rings. The average Bonchev–Trinajstić information content (AvgIpc) is 2.75. The van der Waals surface area contributed by atoms with Gasteiger partial charge >= 0.3 is 0 Å². The van der Waals surface area contributed by atoms with Gasteiger partial charge < -0.3 is 19.5 Å². The third-order valence-corrected chi connectivity index (χ3v) is 5.36. The molecule has 6 nitrogen and oxygen atoms in total. The molecule has 0 bridgehead atoms. The predicted octanol–water partition coefficient (Wildman–Crippen LogP) is 0.786. The van der Waals surface area contributed by atoms with E-state index < -0.39 is 6.10 Å². The Kier molecular flexibility index (Phi) is 8.28. The monoisotopic (exact) mass is 401 g/mol. The van der Waals surface area contributed by atoms with Crippen molar-refractivity contribution in [3.05, 3.63) is 54.2 Å². The summed E-state index contributed by atoms with van der Waals surface area (Å²) in [6, 6.07) is 14.3. The Balaban J connectivity index is 1.29. The normalized spacial score (nSPS) is 16.2. The summed E-state index contributed by atoms with van der Waals surface area (Å²) in [7, 11) is 0. The number of nitrogens with one attached hydrogen (secondary N) is 2. The quantitative estimate of drug-likeness (QED) is 0.578. The van der Waals surface area contributed by atoms with Crippen molar-refractivity contribution in [3.8, 4) is 5.75 Å². The van der Waals surface area contributed by atoms with Crippen molar-refractivity contribution in [1.82, 2.24) is 0 Å². The van der Waals surface area contributed by atoms with Gasteiger partial charge in [-0.2, -0.15) is 0 Å². The third-order valence-electron chi connectivity index (χ3n) is 5.36. The first-order valence-corrected chi connectivity index (χ1v) is 10.7. The van der Waals surface area contributed by atoms with Gasteiger partial charge in [-0.1, -0.05) is 38.1 Å². The first-order chi connectivity index (χ1) is 14.1. The van der Waals surface area contributed by atoms with Crippen molar-refractivity contribution in [2.24, 2.45) is 0 Å². The van der Waals surface area contributed by atoms with Gasteiger partial charge in [0.05, 0.1) is 19.4 Å². The number of aromatic nitrogens is 1. The van der Waals surface area contributed by atoms with Crippen LogP contribution in [0.15, 0.2) is 48.7 Å². The van der Waals surface area contributed by atoms with E-state index in [0.717, 1.165) is 44.3 Å². The molecule has 1 aliphatic rings. The lowest BCUT2D eigenvalue weighted by molar-refractivity contribution is -0.903. The van der Waals surface area contributed by atoms with Gasteiger partial charge in [0.15, 0.2) is 0 Å². The summed E-state index contributed by atoms with van der Waals surface area (Å²) in [4.78, 5) is 7.08. The number of aliphatic hydroxyl groups excluding tert-OH is 1. The van der Waals surface area contributed by atoms with Gasteiger partial charge in [-0.25, -0.2) is 4.98 Å². The van der Waals surface area contributed by atoms with Gasteiger partial charge in [-0.15, -0.1) is 0 Å². The summed E-state index contributed by atoms with van der Waals surface area (Å²) in [6.45, 7) is 10.4. The highest BCUT2D eigenvalue weighted by atomic mass is 16.5. The van der Waals surface area contributed by atoms with Crippen LogP contribution in [0.25, 0.3) is 0 Å². The predicted molar refractivity (Wildman–Crippen MR) is 114 cm³/mol. The maximum atomic E-state index is 10.3. The summed E-state index contributed by atoms with van der Waals surface area (Å²) < 4.78 is 11.5. The van der Waals surface area contributed by atoms with Gasteiger partial charge in [0, 0.05) is 6.07 Å². The third kappa shape index (κ3) is 6.70. The summed E-state index contributed by atoms with van der Waals surface area (Å²) in [5.41, 5.74) is 1.21. The van der Waals surface area contributed by atoms with E-state index in [2.05, 4.69) is 41.9 Å². The highest BCUT2D eigenvalue weighted by molar-refractivity contribution is 5.35. The lowest BCUT2D eigenvalue weighted by Gasteiger charge is -2.29. The van der Waals surface area contributed by atoms with Crippen molar-refractivity contribution < 1.29 is 24.5 Å². The molecule has 2 heterocycles. The van der Waals surface area contributed by atoms with Crippen LogP contribution in [-0.2, 0) is 4.74 Å². The van der Waals surface area contributed by atoms with E-state index in [1.54, 1.807) is 0 Å². The number of benzene rings is 1. The van der Waals surface area contributed by atoms with Crippen molar-refractivity contribution >= 4 is 5.82 Å². The van der Waals surface area contributed by atoms with Gasteiger partial charge in [0.1, 0.15) is 51.2 Å². The zero-order valence-corrected chi connectivity index (χ0v) is 17.6. The van der Waals surface area contributed by atoms with Crippen LogP contribution < -0.4 is 19.5 Å². The number of hydrogen-bond acceptors (Lipinski definition) is 4. The Morgan fingerprint density at radius 2 is 1.83 bits per heavy atom. The number of aromatic amines is 1. The number of quaternary nitrogens is 1. The molecule has 1 aromatic carbocycles. The van der Waals surface area contributed by atoms with E-state index >= 15 is 0 Å². The minimum absolute atomic E-state index is 0.356. The van der Waals surface area contributed by atoms with Crippen molar-refractivity contribution in [2.45, 2.75) is 25.9 Å². The standard InChI is InChI=1S/C23H33N3O3/c1-19(2)21-7-3-4-8-22(21)29-16-15-28-18-20(27)17-25-11-13-26(14-12-25)23-9-5-6-10-24-23/h3-10,19-20,27H,11-18H2,1-2H3/p+2/t20-/m0/s1. The molecule has 0 spiro atoms. The maximum Gasteiger partial charge on any atom is 0.274 e. The van der Waals surface area contributed by atoms with Gasteiger partial charge in [-0.3, -0.25) is 4.90 Å².